The second-order valence-electron chi connectivity index (χ2n) is 13.8. The number of nitrogens with zero attached hydrogens (tertiary/aromatic N) is 5. The number of ether oxygens (including phenoxy) is 1. The summed E-state index contributed by atoms with van der Waals surface area (Å²) in [4.78, 5) is 51.2. The van der Waals surface area contributed by atoms with Gasteiger partial charge >= 0.3 is 12.1 Å². The Bertz CT molecular complexity index is 1420. The lowest BCUT2D eigenvalue weighted by molar-refractivity contribution is -0.142. The number of anilines is 1. The highest BCUT2D eigenvalue weighted by Crippen LogP contribution is 2.27. The van der Waals surface area contributed by atoms with Gasteiger partial charge in [0.05, 0.1) is 0 Å². The number of likely N-dealkylation sites (tertiary alicyclic amines) is 2. The highest BCUT2D eigenvalue weighted by atomic mass is 79.9. The zero-order valence-corrected chi connectivity index (χ0v) is 29.6. The molecule has 4 aliphatic heterocycles. The van der Waals surface area contributed by atoms with E-state index in [9.17, 15) is 14.4 Å². The van der Waals surface area contributed by atoms with Gasteiger partial charge in [0.25, 0.3) is 5.91 Å². The van der Waals surface area contributed by atoms with E-state index in [2.05, 4.69) is 56.3 Å². The van der Waals surface area contributed by atoms with Crippen LogP contribution >= 0.6 is 15.9 Å². The fraction of sp³-hybridized carbons (Fsp3) is 0.583. The van der Waals surface area contributed by atoms with Gasteiger partial charge in [0.15, 0.2) is 6.10 Å². The van der Waals surface area contributed by atoms with E-state index in [-0.39, 0.29) is 18.0 Å². The maximum atomic E-state index is 14.1. The summed E-state index contributed by atoms with van der Waals surface area (Å²) >= 11 is 3.65. The number of amides is 4. The highest BCUT2D eigenvalue weighted by molar-refractivity contribution is 9.10. The minimum atomic E-state index is -0.893. The molecule has 4 amide bonds. The summed E-state index contributed by atoms with van der Waals surface area (Å²) in [5.41, 5.74) is 5.17. The van der Waals surface area contributed by atoms with Crippen molar-refractivity contribution >= 4 is 39.6 Å². The smallest absolute Gasteiger partial charge is 0.410 e. The van der Waals surface area contributed by atoms with Crippen molar-refractivity contribution in [2.45, 2.75) is 70.6 Å². The van der Waals surface area contributed by atoms with Gasteiger partial charge in [0.1, 0.15) is 0 Å². The van der Waals surface area contributed by atoms with E-state index in [0.717, 1.165) is 77.9 Å². The van der Waals surface area contributed by atoms with Crippen LogP contribution in [0, 0.1) is 13.8 Å². The number of piperazine rings is 1. The average Bonchev–Trinajstić information content (AvgIpc) is 3.25. The molecule has 10 nitrogen and oxygen atoms in total. The van der Waals surface area contributed by atoms with Gasteiger partial charge in [-0.2, -0.15) is 0 Å². The molecule has 3 fully saturated rings. The first-order valence-electron chi connectivity index (χ1n) is 17.2. The molecule has 47 heavy (non-hydrogen) atoms. The zero-order valence-electron chi connectivity index (χ0n) is 28.0. The van der Waals surface area contributed by atoms with Crippen LogP contribution in [0.1, 0.15) is 47.9 Å². The summed E-state index contributed by atoms with van der Waals surface area (Å²) in [7, 11) is 2.17. The molecule has 0 aliphatic carbocycles. The Labute approximate surface area is 287 Å². The van der Waals surface area contributed by atoms with E-state index in [1.807, 2.05) is 41.8 Å². The Morgan fingerprint density at radius 3 is 2.17 bits per heavy atom. The van der Waals surface area contributed by atoms with Crippen molar-refractivity contribution in [3.63, 3.8) is 0 Å². The predicted octanol–water partition coefficient (Wildman–Crippen LogP) is 4.91. The number of para-hydroxylation sites is 1. The second kappa shape index (κ2) is 15.0. The monoisotopic (exact) mass is 708 g/mol. The van der Waals surface area contributed by atoms with Gasteiger partial charge in [-0.1, -0.05) is 46.3 Å². The molecule has 11 heteroatoms. The Balaban J connectivity index is 1.08. The standard InChI is InChI=1S/C36H49BrN6O4/c1-25-22-27(23-26(2)33(25)37)24-32(34(44)41-13-9-29(10-14-41)40-20-18-39(3)19-21-40)47-36(46)42-15-11-30(12-16-42)43-17-8-28-6-4-5-7-31(28)38-35(43)45/h4-7,22-23,29-30,32H,8-21,24H2,1-3H3,(H,38,45)/t32-/m1/s1. The number of aryl methyl sites for hydroxylation is 2. The van der Waals surface area contributed by atoms with Crippen molar-refractivity contribution in [3.8, 4) is 0 Å². The molecular weight excluding hydrogens is 660 g/mol. The fourth-order valence-electron chi connectivity index (χ4n) is 7.68. The highest BCUT2D eigenvalue weighted by Gasteiger charge is 2.36. The van der Waals surface area contributed by atoms with E-state index < -0.39 is 12.2 Å². The van der Waals surface area contributed by atoms with Gasteiger partial charge < -0.3 is 29.7 Å². The number of carbonyl (C=O) groups is 3. The molecule has 4 aliphatic rings. The molecule has 4 heterocycles. The van der Waals surface area contributed by atoms with Gasteiger partial charge in [0, 0.05) is 87.6 Å². The molecule has 254 valence electrons. The van der Waals surface area contributed by atoms with Crippen molar-refractivity contribution in [1.82, 2.24) is 24.5 Å². The van der Waals surface area contributed by atoms with Crippen molar-refractivity contribution in [1.29, 1.82) is 0 Å². The minimum Gasteiger partial charge on any atom is -0.436 e. The Morgan fingerprint density at radius 2 is 1.49 bits per heavy atom. The van der Waals surface area contributed by atoms with E-state index in [1.54, 1.807) is 4.90 Å². The SMILES string of the molecule is Cc1cc(C[C@@H](OC(=O)N2CCC(N3CCc4ccccc4NC3=O)CC2)C(=O)N2CCC(N3CCN(C)CC3)CC2)cc(C)c1Br. The molecule has 1 N–H and O–H groups in total. The summed E-state index contributed by atoms with van der Waals surface area (Å²) in [6, 6.07) is 12.5. The van der Waals surface area contributed by atoms with Crippen LogP contribution in [0.2, 0.25) is 0 Å². The van der Waals surface area contributed by atoms with Crippen LogP contribution < -0.4 is 5.32 Å². The minimum absolute atomic E-state index is 0.0427. The molecule has 0 aromatic heterocycles. The third-order valence-electron chi connectivity index (χ3n) is 10.6. The number of nitrogens with one attached hydrogen (secondary N) is 1. The number of likely N-dealkylation sites (N-methyl/N-ethyl adjacent to an activating group) is 1. The van der Waals surface area contributed by atoms with Gasteiger partial charge in [-0.05, 0) is 81.3 Å². The summed E-state index contributed by atoms with van der Waals surface area (Å²) < 4.78 is 7.17. The van der Waals surface area contributed by atoms with Crippen LogP contribution in [0.5, 0.6) is 0 Å². The Morgan fingerprint density at radius 1 is 0.872 bits per heavy atom. The van der Waals surface area contributed by atoms with Crippen molar-refractivity contribution in [2.24, 2.45) is 0 Å². The number of fused-ring (bicyclic) bond motifs is 1. The molecule has 2 aromatic rings. The summed E-state index contributed by atoms with van der Waals surface area (Å²) in [5, 5.41) is 3.06. The third kappa shape index (κ3) is 7.95. The molecule has 0 unspecified atom stereocenters. The largest absolute Gasteiger partial charge is 0.436 e. The molecule has 3 saturated heterocycles. The van der Waals surface area contributed by atoms with E-state index in [4.69, 9.17) is 4.74 Å². The number of halogens is 1. The molecule has 6 rings (SSSR count). The van der Waals surface area contributed by atoms with Gasteiger partial charge in [-0.25, -0.2) is 9.59 Å². The second-order valence-corrected chi connectivity index (χ2v) is 14.6. The van der Waals surface area contributed by atoms with Gasteiger partial charge in [-0.3, -0.25) is 9.69 Å². The van der Waals surface area contributed by atoms with Crippen molar-refractivity contribution in [2.75, 3.05) is 71.3 Å². The number of carbonyl (C=O) groups excluding carboxylic acids is 3. The first kappa shape index (κ1) is 33.7. The fourth-order valence-corrected chi connectivity index (χ4v) is 7.91. The van der Waals surface area contributed by atoms with Crippen LogP contribution in [0.3, 0.4) is 0 Å². The molecular formula is C36H49BrN6O4. The zero-order chi connectivity index (χ0) is 33.1. The summed E-state index contributed by atoms with van der Waals surface area (Å²) in [5.74, 6) is -0.107. The van der Waals surface area contributed by atoms with Crippen molar-refractivity contribution in [3.05, 3.63) is 63.1 Å². The number of benzene rings is 2. The van der Waals surface area contributed by atoms with Crippen LogP contribution in [0.4, 0.5) is 15.3 Å². The number of hydrogen-bond acceptors (Lipinski definition) is 6. The predicted molar refractivity (Wildman–Crippen MR) is 187 cm³/mol. The average molecular weight is 710 g/mol. The van der Waals surface area contributed by atoms with Crippen LogP contribution in [0.25, 0.3) is 0 Å². The number of urea groups is 1. The maximum Gasteiger partial charge on any atom is 0.410 e. The Hall–Kier alpha value is -3.15. The Kier molecular flexibility index (Phi) is 10.7. The lowest BCUT2D eigenvalue weighted by Gasteiger charge is -2.42. The lowest BCUT2D eigenvalue weighted by Crippen LogP contribution is -2.54. The molecule has 0 spiro atoms. The lowest BCUT2D eigenvalue weighted by atomic mass is 9.99. The molecule has 1 atom stereocenters. The van der Waals surface area contributed by atoms with E-state index in [0.29, 0.717) is 58.0 Å². The van der Waals surface area contributed by atoms with Crippen LogP contribution in [-0.2, 0) is 22.4 Å². The molecule has 0 saturated carbocycles. The summed E-state index contributed by atoms with van der Waals surface area (Å²) in [6.07, 6.45) is 3.00. The molecule has 0 bridgehead atoms. The van der Waals surface area contributed by atoms with E-state index in [1.165, 1.54) is 0 Å². The van der Waals surface area contributed by atoms with Gasteiger partial charge in [-0.15, -0.1) is 0 Å². The topological polar surface area (TPSA) is 88.7 Å². The molecule has 0 radical (unpaired) electrons. The van der Waals surface area contributed by atoms with Crippen LogP contribution in [0.15, 0.2) is 40.9 Å². The van der Waals surface area contributed by atoms with E-state index >= 15 is 0 Å². The normalized spacial score (nSPS) is 21.2. The maximum absolute atomic E-state index is 14.1. The van der Waals surface area contributed by atoms with Gasteiger partial charge in [0.2, 0.25) is 0 Å². The number of piperidine rings is 2. The number of hydrogen-bond donors (Lipinski definition) is 1. The molecule has 2 aromatic carbocycles. The summed E-state index contributed by atoms with van der Waals surface area (Å²) in [6.45, 7) is 11.4. The third-order valence-corrected chi connectivity index (χ3v) is 11.8. The van der Waals surface area contributed by atoms with Crippen molar-refractivity contribution < 1.29 is 19.1 Å². The number of rotatable bonds is 6. The van der Waals surface area contributed by atoms with Crippen LogP contribution in [-0.4, -0.2) is 127 Å². The quantitative estimate of drug-likeness (QED) is 0.459. The first-order chi connectivity index (χ1) is 22.7. The first-order valence-corrected chi connectivity index (χ1v) is 18.0.